The molecule has 0 amide bonds. The summed E-state index contributed by atoms with van der Waals surface area (Å²) in [5.74, 6) is 0.102. The lowest BCUT2D eigenvalue weighted by atomic mass is 10.2. The molecule has 0 spiro atoms. The number of hydrogen-bond donors (Lipinski definition) is 2. The van der Waals surface area contributed by atoms with Gasteiger partial charge < -0.3 is 15.2 Å². The van der Waals surface area contributed by atoms with Crippen molar-refractivity contribution in [1.82, 2.24) is 0 Å². The van der Waals surface area contributed by atoms with Gasteiger partial charge in [-0.25, -0.2) is 8.42 Å². The quantitative estimate of drug-likeness (QED) is 0.313. The van der Waals surface area contributed by atoms with Gasteiger partial charge in [0.15, 0.2) is 0 Å². The van der Waals surface area contributed by atoms with E-state index in [1.165, 1.54) is 43.5 Å². The summed E-state index contributed by atoms with van der Waals surface area (Å²) in [7, 11) is -2.72. The number of benzene rings is 3. The fourth-order valence-corrected chi connectivity index (χ4v) is 4.19. The van der Waals surface area contributed by atoms with E-state index in [1.54, 1.807) is 0 Å². The van der Waals surface area contributed by atoms with Crippen molar-refractivity contribution in [2.24, 2.45) is 0 Å². The third-order valence-electron chi connectivity index (χ3n) is 4.28. The molecule has 3 aromatic carbocycles. The predicted octanol–water partition coefficient (Wildman–Crippen LogP) is 3.79. The molecule has 0 radical (unpaired) electrons. The number of ether oxygens (including phenoxy) is 1. The highest BCUT2D eigenvalue weighted by Crippen LogP contribution is 2.36. The molecule has 0 saturated heterocycles. The Morgan fingerprint density at radius 1 is 0.903 bits per heavy atom. The number of anilines is 2. The van der Waals surface area contributed by atoms with Crippen LogP contribution in [0.25, 0.3) is 0 Å². The zero-order valence-corrected chi connectivity index (χ0v) is 16.7. The molecule has 0 atom stereocenters. The first kappa shape index (κ1) is 21.5. The minimum atomic E-state index is -4.15. The van der Waals surface area contributed by atoms with Crippen LogP contribution in [0.2, 0.25) is 0 Å². The largest absolute Gasteiger partial charge is 0.508 e. The molecule has 3 rings (SSSR count). The number of aromatic hydroxyl groups is 1. The Balaban J connectivity index is 2.11. The number of hydrogen-bond acceptors (Lipinski definition) is 9. The van der Waals surface area contributed by atoms with Crippen LogP contribution in [-0.2, 0) is 9.84 Å². The van der Waals surface area contributed by atoms with Crippen LogP contribution < -0.4 is 10.1 Å². The Morgan fingerprint density at radius 3 is 2.13 bits per heavy atom. The van der Waals surface area contributed by atoms with Gasteiger partial charge in [0, 0.05) is 12.1 Å². The highest BCUT2D eigenvalue weighted by molar-refractivity contribution is 7.91. The summed E-state index contributed by atoms with van der Waals surface area (Å²) in [6.07, 6.45) is 0. The van der Waals surface area contributed by atoms with Gasteiger partial charge in [-0.15, -0.1) is 0 Å². The summed E-state index contributed by atoms with van der Waals surface area (Å²) in [5.41, 5.74) is -1.33. The zero-order valence-electron chi connectivity index (χ0n) is 15.9. The second kappa shape index (κ2) is 8.28. The van der Waals surface area contributed by atoms with Crippen molar-refractivity contribution < 1.29 is 28.1 Å². The number of phenols is 1. The van der Waals surface area contributed by atoms with Gasteiger partial charge in [0.2, 0.25) is 9.84 Å². The van der Waals surface area contributed by atoms with Crippen LogP contribution in [0.4, 0.5) is 22.7 Å². The van der Waals surface area contributed by atoms with Crippen LogP contribution in [-0.4, -0.2) is 30.5 Å². The molecular weight excluding hydrogens is 430 g/mol. The molecule has 0 aliphatic rings. The fraction of sp³-hybridized carbons (Fsp3) is 0.0526. The number of non-ortho nitro benzene ring substituents is 1. The lowest BCUT2D eigenvalue weighted by Crippen LogP contribution is -2.07. The second-order valence-electron chi connectivity index (χ2n) is 6.20. The van der Waals surface area contributed by atoms with Crippen LogP contribution in [0.3, 0.4) is 0 Å². The molecule has 11 nitrogen and oxygen atoms in total. The Hall–Kier alpha value is -4.19. The molecule has 31 heavy (non-hydrogen) atoms. The monoisotopic (exact) mass is 445 g/mol. The fourth-order valence-electron chi connectivity index (χ4n) is 2.75. The van der Waals surface area contributed by atoms with E-state index in [9.17, 15) is 33.8 Å². The molecule has 0 heterocycles. The van der Waals surface area contributed by atoms with Gasteiger partial charge in [0.05, 0.1) is 38.5 Å². The highest BCUT2D eigenvalue weighted by Gasteiger charge is 2.25. The van der Waals surface area contributed by atoms with Crippen LogP contribution >= 0.6 is 0 Å². The Labute approximate surface area is 175 Å². The van der Waals surface area contributed by atoms with E-state index in [0.717, 1.165) is 24.3 Å². The van der Waals surface area contributed by atoms with E-state index >= 15 is 0 Å². The topological polar surface area (TPSA) is 162 Å². The van der Waals surface area contributed by atoms with Gasteiger partial charge in [-0.1, -0.05) is 0 Å². The van der Waals surface area contributed by atoms with Gasteiger partial charge in [-0.3, -0.25) is 20.2 Å². The minimum Gasteiger partial charge on any atom is -0.508 e. The Bertz CT molecular complexity index is 1270. The molecule has 0 unspecified atom stereocenters. The average molecular weight is 445 g/mol. The van der Waals surface area contributed by atoms with Gasteiger partial charge in [-0.2, -0.15) is 0 Å². The Morgan fingerprint density at radius 2 is 1.55 bits per heavy atom. The van der Waals surface area contributed by atoms with Crippen LogP contribution in [0.5, 0.6) is 11.5 Å². The number of nitrogens with one attached hydrogen (secondary N) is 1. The van der Waals surface area contributed by atoms with Crippen molar-refractivity contribution in [3.63, 3.8) is 0 Å². The van der Waals surface area contributed by atoms with E-state index in [1.807, 2.05) is 0 Å². The standard InChI is InChI=1S/C19H15N3O8S/c1-30-14-4-6-15(7-5-14)31(28,29)19-11-13(23)3-9-17(19)20-16-8-2-12(21(24)25)10-18(16)22(26)27/h2-11,20,23H,1H3. The van der Waals surface area contributed by atoms with Crippen LogP contribution in [0, 0.1) is 20.2 Å². The van der Waals surface area contributed by atoms with Crippen molar-refractivity contribution in [2.75, 3.05) is 12.4 Å². The highest BCUT2D eigenvalue weighted by atomic mass is 32.2. The van der Waals surface area contributed by atoms with Gasteiger partial charge in [0.1, 0.15) is 17.2 Å². The number of phenolic OH excluding ortho intramolecular Hbond substituents is 1. The molecule has 160 valence electrons. The predicted molar refractivity (Wildman–Crippen MR) is 110 cm³/mol. The molecule has 0 aliphatic carbocycles. The van der Waals surface area contributed by atoms with E-state index in [-0.39, 0.29) is 26.9 Å². The molecule has 3 aromatic rings. The normalized spacial score (nSPS) is 11.0. The summed E-state index contributed by atoms with van der Waals surface area (Å²) in [4.78, 5) is 20.2. The van der Waals surface area contributed by atoms with Crippen molar-refractivity contribution in [3.05, 3.63) is 80.9 Å². The summed E-state index contributed by atoms with van der Waals surface area (Å²) >= 11 is 0. The molecule has 12 heteroatoms. The second-order valence-corrected chi connectivity index (χ2v) is 8.12. The van der Waals surface area contributed by atoms with Crippen molar-refractivity contribution >= 4 is 32.6 Å². The number of methoxy groups -OCH3 is 1. The average Bonchev–Trinajstić information content (AvgIpc) is 2.74. The van der Waals surface area contributed by atoms with Gasteiger partial charge in [-0.05, 0) is 42.5 Å². The summed E-state index contributed by atoms with van der Waals surface area (Å²) < 4.78 is 31.3. The van der Waals surface area contributed by atoms with Gasteiger partial charge in [0.25, 0.3) is 11.4 Å². The van der Waals surface area contributed by atoms with Crippen molar-refractivity contribution in [3.8, 4) is 11.5 Å². The number of nitrogens with zero attached hydrogens (tertiary/aromatic N) is 2. The number of nitro groups is 2. The maximum atomic E-state index is 13.1. The maximum absolute atomic E-state index is 13.1. The van der Waals surface area contributed by atoms with Crippen molar-refractivity contribution in [1.29, 1.82) is 0 Å². The van der Waals surface area contributed by atoms with E-state index in [0.29, 0.717) is 5.75 Å². The molecular formula is C19H15N3O8S. The summed E-state index contributed by atoms with van der Waals surface area (Å²) in [5, 5.41) is 34.8. The Kier molecular flexibility index (Phi) is 5.75. The maximum Gasteiger partial charge on any atom is 0.299 e. The summed E-state index contributed by atoms with van der Waals surface area (Å²) in [6.45, 7) is 0. The molecule has 2 N–H and O–H groups in total. The lowest BCUT2D eigenvalue weighted by molar-refractivity contribution is -0.393. The zero-order chi connectivity index (χ0) is 22.8. The van der Waals surface area contributed by atoms with E-state index in [2.05, 4.69) is 5.32 Å². The van der Waals surface area contributed by atoms with Crippen LogP contribution in [0.15, 0.2) is 70.5 Å². The molecule has 0 fully saturated rings. The van der Waals surface area contributed by atoms with Crippen molar-refractivity contribution in [2.45, 2.75) is 9.79 Å². The third-order valence-corrected chi connectivity index (χ3v) is 6.09. The van der Waals surface area contributed by atoms with Gasteiger partial charge >= 0.3 is 0 Å². The first-order chi connectivity index (χ1) is 14.6. The number of rotatable bonds is 7. The lowest BCUT2D eigenvalue weighted by Gasteiger charge is -2.14. The smallest absolute Gasteiger partial charge is 0.299 e. The van der Waals surface area contributed by atoms with Crippen LogP contribution in [0.1, 0.15) is 0 Å². The van der Waals surface area contributed by atoms with E-state index in [4.69, 9.17) is 4.74 Å². The molecule has 0 aromatic heterocycles. The molecule has 0 saturated carbocycles. The SMILES string of the molecule is COc1ccc(S(=O)(=O)c2cc(O)ccc2Nc2ccc([N+](=O)[O-])cc2[N+](=O)[O-])cc1. The summed E-state index contributed by atoms with van der Waals surface area (Å²) in [6, 6.07) is 11.9. The third kappa shape index (κ3) is 4.38. The first-order valence-corrected chi connectivity index (χ1v) is 10.0. The van der Waals surface area contributed by atoms with E-state index < -0.39 is 31.1 Å². The minimum absolute atomic E-state index is 0.0643. The number of nitro benzene ring substituents is 2. The first-order valence-electron chi connectivity index (χ1n) is 8.55. The number of sulfone groups is 1. The molecule has 0 bridgehead atoms. The molecule has 0 aliphatic heterocycles.